The van der Waals surface area contributed by atoms with Crippen LogP contribution < -0.4 is 5.32 Å². The third kappa shape index (κ3) is 3.63. The first kappa shape index (κ1) is 15.5. The molecule has 0 aliphatic heterocycles. The molecule has 4 nitrogen and oxygen atoms in total. The molecule has 1 aliphatic rings. The van der Waals surface area contributed by atoms with E-state index in [0.29, 0.717) is 0 Å². The van der Waals surface area contributed by atoms with Gasteiger partial charge in [-0.3, -0.25) is 9.59 Å². The van der Waals surface area contributed by atoms with Gasteiger partial charge in [0.1, 0.15) is 0 Å². The monoisotopic (exact) mass is 289 g/mol. The first-order chi connectivity index (χ1) is 10.2. The van der Waals surface area contributed by atoms with Crippen molar-refractivity contribution in [2.45, 2.75) is 38.6 Å². The molecule has 0 radical (unpaired) electrons. The SMILES string of the molecule is CC[C@H](NC(=O)[C@@H]1CCC[C@H]1C(=O)OC)c1ccccc1. The van der Waals surface area contributed by atoms with Gasteiger partial charge in [-0.2, -0.15) is 0 Å². The third-order valence-electron chi connectivity index (χ3n) is 4.28. The fourth-order valence-electron chi connectivity index (χ4n) is 3.09. The van der Waals surface area contributed by atoms with E-state index in [2.05, 4.69) is 5.32 Å². The average molecular weight is 289 g/mol. The van der Waals surface area contributed by atoms with Crippen molar-refractivity contribution in [3.63, 3.8) is 0 Å². The number of hydrogen-bond acceptors (Lipinski definition) is 3. The van der Waals surface area contributed by atoms with Gasteiger partial charge in [0.15, 0.2) is 0 Å². The minimum Gasteiger partial charge on any atom is -0.469 e. The highest BCUT2D eigenvalue weighted by molar-refractivity contribution is 5.86. The number of carbonyl (C=O) groups excluding carboxylic acids is 2. The largest absolute Gasteiger partial charge is 0.469 e. The molecule has 1 amide bonds. The Labute approximate surface area is 125 Å². The number of hydrogen-bond donors (Lipinski definition) is 1. The molecule has 2 rings (SSSR count). The second kappa shape index (κ2) is 7.25. The van der Waals surface area contributed by atoms with Crippen LogP contribution in [0.1, 0.15) is 44.2 Å². The highest BCUT2D eigenvalue weighted by atomic mass is 16.5. The molecule has 21 heavy (non-hydrogen) atoms. The number of ether oxygens (including phenoxy) is 1. The highest BCUT2D eigenvalue weighted by Crippen LogP contribution is 2.33. The van der Waals surface area contributed by atoms with E-state index in [4.69, 9.17) is 4.74 Å². The van der Waals surface area contributed by atoms with E-state index in [1.54, 1.807) is 0 Å². The lowest BCUT2D eigenvalue weighted by Gasteiger charge is -2.22. The fraction of sp³-hybridized carbons (Fsp3) is 0.529. The normalized spacial score (nSPS) is 22.6. The maximum atomic E-state index is 12.5. The first-order valence-electron chi connectivity index (χ1n) is 7.60. The van der Waals surface area contributed by atoms with E-state index in [-0.39, 0.29) is 29.8 Å². The van der Waals surface area contributed by atoms with E-state index >= 15 is 0 Å². The van der Waals surface area contributed by atoms with E-state index in [9.17, 15) is 9.59 Å². The van der Waals surface area contributed by atoms with Crippen molar-refractivity contribution in [2.24, 2.45) is 11.8 Å². The summed E-state index contributed by atoms with van der Waals surface area (Å²) in [7, 11) is 1.38. The number of nitrogens with one attached hydrogen (secondary N) is 1. The van der Waals surface area contributed by atoms with Crippen LogP contribution in [0.4, 0.5) is 0 Å². The van der Waals surface area contributed by atoms with E-state index in [1.807, 2.05) is 37.3 Å². The maximum Gasteiger partial charge on any atom is 0.309 e. The molecule has 114 valence electrons. The van der Waals surface area contributed by atoms with Gasteiger partial charge >= 0.3 is 5.97 Å². The van der Waals surface area contributed by atoms with Gasteiger partial charge in [0.05, 0.1) is 25.0 Å². The summed E-state index contributed by atoms with van der Waals surface area (Å²) in [6, 6.07) is 9.93. The minimum absolute atomic E-state index is 0.00223. The molecule has 1 aliphatic carbocycles. The maximum absolute atomic E-state index is 12.5. The van der Waals surface area contributed by atoms with Gasteiger partial charge in [-0.25, -0.2) is 0 Å². The van der Waals surface area contributed by atoms with Gasteiger partial charge in [0, 0.05) is 0 Å². The van der Waals surface area contributed by atoms with E-state index in [1.165, 1.54) is 7.11 Å². The molecule has 0 aromatic heterocycles. The van der Waals surface area contributed by atoms with Gasteiger partial charge in [-0.15, -0.1) is 0 Å². The molecular weight excluding hydrogens is 266 g/mol. The topological polar surface area (TPSA) is 55.4 Å². The van der Waals surface area contributed by atoms with Crippen molar-refractivity contribution in [3.8, 4) is 0 Å². The number of amides is 1. The third-order valence-corrected chi connectivity index (χ3v) is 4.28. The number of esters is 1. The van der Waals surface area contributed by atoms with E-state index in [0.717, 1.165) is 31.2 Å². The predicted molar refractivity (Wildman–Crippen MR) is 80.5 cm³/mol. The minimum atomic E-state index is -0.289. The van der Waals surface area contributed by atoms with Crippen LogP contribution in [0.15, 0.2) is 30.3 Å². The second-order valence-corrected chi connectivity index (χ2v) is 5.55. The lowest BCUT2D eigenvalue weighted by Crippen LogP contribution is -2.37. The van der Waals surface area contributed by atoms with E-state index < -0.39 is 0 Å². The summed E-state index contributed by atoms with van der Waals surface area (Å²) in [5, 5.41) is 3.09. The molecule has 1 aromatic rings. The molecule has 0 bridgehead atoms. The van der Waals surface area contributed by atoms with Gasteiger partial charge < -0.3 is 10.1 Å². The van der Waals surface area contributed by atoms with Crippen molar-refractivity contribution in [1.29, 1.82) is 0 Å². The van der Waals surface area contributed by atoms with Crippen molar-refractivity contribution >= 4 is 11.9 Å². The summed E-state index contributed by atoms with van der Waals surface area (Å²) in [4.78, 5) is 24.3. The van der Waals surface area contributed by atoms with Crippen molar-refractivity contribution in [2.75, 3.05) is 7.11 Å². The van der Waals surface area contributed by atoms with Crippen molar-refractivity contribution < 1.29 is 14.3 Å². The van der Waals surface area contributed by atoms with Crippen LogP contribution in [0.2, 0.25) is 0 Å². The summed E-state index contributed by atoms with van der Waals surface area (Å²) in [5.41, 5.74) is 1.10. The molecular formula is C17H23NO3. The zero-order valence-corrected chi connectivity index (χ0v) is 12.7. The average Bonchev–Trinajstić information content (AvgIpc) is 3.02. The summed E-state index contributed by atoms with van der Waals surface area (Å²) in [6.07, 6.45) is 3.23. The second-order valence-electron chi connectivity index (χ2n) is 5.55. The Hall–Kier alpha value is -1.84. The number of benzene rings is 1. The molecule has 0 heterocycles. The molecule has 0 spiro atoms. The molecule has 1 aromatic carbocycles. The van der Waals surface area contributed by atoms with Crippen LogP contribution in [0.25, 0.3) is 0 Å². The quantitative estimate of drug-likeness (QED) is 0.848. The Kier molecular flexibility index (Phi) is 5.37. The predicted octanol–water partition coefficient (Wildman–Crippen LogP) is 2.84. The molecule has 0 saturated heterocycles. The van der Waals surface area contributed by atoms with Gasteiger partial charge in [-0.1, -0.05) is 43.7 Å². The number of rotatable bonds is 5. The van der Waals surface area contributed by atoms with Crippen LogP contribution in [0, 0.1) is 11.8 Å². The van der Waals surface area contributed by atoms with Crippen LogP contribution in [-0.2, 0) is 14.3 Å². The van der Waals surface area contributed by atoms with Crippen LogP contribution in [0.5, 0.6) is 0 Å². The summed E-state index contributed by atoms with van der Waals surface area (Å²) in [5.74, 6) is -0.836. The number of carbonyl (C=O) groups is 2. The Morgan fingerprint density at radius 1 is 1.24 bits per heavy atom. The smallest absolute Gasteiger partial charge is 0.309 e. The van der Waals surface area contributed by atoms with Gasteiger partial charge in [0.2, 0.25) is 5.91 Å². The lowest BCUT2D eigenvalue weighted by molar-refractivity contribution is -0.149. The molecule has 0 unspecified atom stereocenters. The number of methoxy groups -OCH3 is 1. The zero-order valence-electron chi connectivity index (χ0n) is 12.7. The van der Waals surface area contributed by atoms with Gasteiger partial charge in [0.25, 0.3) is 0 Å². The molecule has 1 saturated carbocycles. The molecule has 1 N–H and O–H groups in total. The zero-order chi connectivity index (χ0) is 15.2. The standard InChI is InChI=1S/C17H23NO3/c1-3-15(12-8-5-4-6-9-12)18-16(19)13-10-7-11-14(13)17(20)21-2/h4-6,8-9,13-15H,3,7,10-11H2,1-2H3,(H,18,19)/t13-,14-,15+/m1/s1. The Morgan fingerprint density at radius 2 is 1.90 bits per heavy atom. The Bertz CT molecular complexity index is 486. The summed E-state index contributed by atoms with van der Waals surface area (Å²) >= 11 is 0. The Balaban J connectivity index is 2.04. The summed E-state index contributed by atoms with van der Waals surface area (Å²) < 4.78 is 4.81. The summed E-state index contributed by atoms with van der Waals surface area (Å²) in [6.45, 7) is 2.05. The molecule has 1 fully saturated rings. The van der Waals surface area contributed by atoms with Crippen molar-refractivity contribution in [3.05, 3.63) is 35.9 Å². The van der Waals surface area contributed by atoms with Gasteiger partial charge in [-0.05, 0) is 24.8 Å². The van der Waals surface area contributed by atoms with Crippen LogP contribution in [0.3, 0.4) is 0 Å². The van der Waals surface area contributed by atoms with Crippen LogP contribution in [-0.4, -0.2) is 19.0 Å². The van der Waals surface area contributed by atoms with Crippen LogP contribution >= 0.6 is 0 Å². The highest BCUT2D eigenvalue weighted by Gasteiger charge is 2.38. The van der Waals surface area contributed by atoms with Crippen molar-refractivity contribution in [1.82, 2.24) is 5.32 Å². The Morgan fingerprint density at radius 3 is 2.52 bits per heavy atom. The fourth-order valence-corrected chi connectivity index (χ4v) is 3.09. The lowest BCUT2D eigenvalue weighted by atomic mass is 9.94. The molecule has 3 atom stereocenters. The molecule has 4 heteroatoms. The first-order valence-corrected chi connectivity index (χ1v) is 7.60.